The van der Waals surface area contributed by atoms with E-state index in [1.165, 1.54) is 74.6 Å². The van der Waals surface area contributed by atoms with Crippen LogP contribution in [0.25, 0.3) is 42.4 Å². The van der Waals surface area contributed by atoms with E-state index in [4.69, 9.17) is 18.9 Å². The lowest BCUT2D eigenvalue weighted by Crippen LogP contribution is -2.60. The number of rotatable bonds is 5. The van der Waals surface area contributed by atoms with Crippen molar-refractivity contribution in [2.45, 2.75) is 85.0 Å². The summed E-state index contributed by atoms with van der Waals surface area (Å²) in [5.41, 5.74) is 16.7. The van der Waals surface area contributed by atoms with Gasteiger partial charge >= 0.3 is 0 Å². The highest BCUT2D eigenvalue weighted by Gasteiger charge is 2.48. The summed E-state index contributed by atoms with van der Waals surface area (Å²) in [4.78, 5) is 5.22. The van der Waals surface area contributed by atoms with Crippen molar-refractivity contribution in [1.82, 2.24) is 0 Å². The minimum absolute atomic E-state index is 0.0580. The lowest BCUT2D eigenvalue weighted by Gasteiger charge is -2.43. The Morgan fingerprint density at radius 1 is 0.458 bits per heavy atom. The van der Waals surface area contributed by atoms with Gasteiger partial charge in [0.05, 0.1) is 47.8 Å². The maximum atomic E-state index is 6.63. The second-order valence-electron chi connectivity index (χ2n) is 22.3. The summed E-state index contributed by atoms with van der Waals surface area (Å²) >= 11 is 3.82. The molecule has 0 spiro atoms. The smallest absolute Gasteiger partial charge is 0.256 e. The molecule has 72 heavy (non-hydrogen) atoms. The number of fused-ring (bicyclic) bond motifs is 10. The molecule has 4 aliphatic heterocycles. The number of nitrogens with zero attached hydrogens (tertiary/aromatic N) is 2. The average molecular weight is 983 g/mol. The van der Waals surface area contributed by atoms with Gasteiger partial charge in [-0.1, -0.05) is 140 Å². The van der Waals surface area contributed by atoms with Crippen LogP contribution in [0.2, 0.25) is 0 Å². The number of hydrogen-bond acceptors (Lipinski definition) is 8. The van der Waals surface area contributed by atoms with Gasteiger partial charge < -0.3 is 28.7 Å². The maximum absolute atomic E-state index is 6.63. The molecule has 13 rings (SSSR count). The average Bonchev–Trinajstić information content (AvgIpc) is 3.73. The summed E-state index contributed by atoms with van der Waals surface area (Å²) in [6.07, 6.45) is 1.65. The Labute approximate surface area is 431 Å². The molecule has 0 atom stereocenters. The molecule has 0 amide bonds. The summed E-state index contributed by atoms with van der Waals surface area (Å²) < 4.78 is 28.8. The van der Waals surface area contributed by atoms with Gasteiger partial charge in [-0.05, 0) is 108 Å². The van der Waals surface area contributed by atoms with Crippen LogP contribution in [-0.4, -0.2) is 33.1 Å². The molecule has 0 N–H and O–H groups in total. The summed E-state index contributed by atoms with van der Waals surface area (Å²) in [6.45, 7) is 21.0. The Balaban J connectivity index is 1.21. The van der Waals surface area contributed by atoms with Crippen molar-refractivity contribution in [1.29, 1.82) is 0 Å². The predicted molar refractivity (Wildman–Crippen MR) is 305 cm³/mol. The third-order valence-electron chi connectivity index (χ3n) is 15.1. The number of ether oxygens (including phenoxy) is 4. The monoisotopic (exact) mass is 982 g/mol. The zero-order valence-electron chi connectivity index (χ0n) is 42.4. The summed E-state index contributed by atoms with van der Waals surface area (Å²) in [6, 6.07) is 50.2. The van der Waals surface area contributed by atoms with E-state index >= 15 is 0 Å². The third kappa shape index (κ3) is 7.32. The predicted octanol–water partition coefficient (Wildman–Crippen LogP) is 15.6. The van der Waals surface area contributed by atoms with Gasteiger partial charge in [0.15, 0.2) is 23.0 Å². The summed E-state index contributed by atoms with van der Waals surface area (Å²) in [5.74, 6) is 3.34. The second-order valence-corrected chi connectivity index (χ2v) is 24.3. The molecule has 0 radical (unpaired) electrons. The molecule has 0 unspecified atom stereocenters. The van der Waals surface area contributed by atoms with Crippen LogP contribution in [0, 0.1) is 0 Å². The van der Waals surface area contributed by atoms with E-state index in [1.807, 2.05) is 22.7 Å². The molecule has 0 saturated heterocycles. The first kappa shape index (κ1) is 45.2. The fraction of sp³-hybridized carbons (Fsp3) is 0.270. The van der Waals surface area contributed by atoms with Crippen molar-refractivity contribution in [3.8, 4) is 45.3 Å². The normalized spacial score (nSPS) is 15.1. The number of hydrogen-bond donors (Lipinski definition) is 0. The van der Waals surface area contributed by atoms with Crippen molar-refractivity contribution in [3.63, 3.8) is 0 Å². The van der Waals surface area contributed by atoms with Crippen LogP contribution in [0.15, 0.2) is 133 Å². The first-order valence-electron chi connectivity index (χ1n) is 25.7. The van der Waals surface area contributed by atoms with Gasteiger partial charge in [0.25, 0.3) is 6.71 Å². The molecular formula is C63H59BN2O4S2. The minimum atomic E-state index is -0.0946. The molecule has 7 aromatic carbocycles. The topological polar surface area (TPSA) is 43.4 Å². The lowest BCUT2D eigenvalue weighted by molar-refractivity contribution is 0.296. The van der Waals surface area contributed by atoms with Crippen LogP contribution >= 0.6 is 22.7 Å². The number of anilines is 6. The first-order valence-corrected chi connectivity index (χ1v) is 27.3. The Morgan fingerprint density at radius 3 is 1.25 bits per heavy atom. The van der Waals surface area contributed by atoms with E-state index in [2.05, 4.69) is 199 Å². The molecule has 0 saturated carbocycles. The van der Waals surface area contributed by atoms with Gasteiger partial charge in [0, 0.05) is 56.9 Å². The van der Waals surface area contributed by atoms with Gasteiger partial charge in [-0.25, -0.2) is 0 Å². The van der Waals surface area contributed by atoms with Crippen molar-refractivity contribution >= 4 is 98.7 Å². The molecule has 0 fully saturated rings. The highest BCUT2D eigenvalue weighted by atomic mass is 32.1. The maximum Gasteiger partial charge on any atom is 0.256 e. The van der Waals surface area contributed by atoms with E-state index in [-0.39, 0.29) is 23.5 Å². The molecule has 6 heterocycles. The van der Waals surface area contributed by atoms with E-state index in [1.54, 1.807) is 0 Å². The van der Waals surface area contributed by atoms with Crippen molar-refractivity contribution in [2.75, 3.05) is 36.2 Å². The van der Waals surface area contributed by atoms with Gasteiger partial charge in [-0.3, -0.25) is 0 Å². The van der Waals surface area contributed by atoms with Crippen molar-refractivity contribution in [3.05, 3.63) is 150 Å². The molecule has 360 valence electrons. The van der Waals surface area contributed by atoms with Crippen LogP contribution in [0.1, 0.15) is 90.8 Å². The first-order chi connectivity index (χ1) is 34.8. The fourth-order valence-electron chi connectivity index (χ4n) is 11.3. The van der Waals surface area contributed by atoms with Crippen LogP contribution in [0.5, 0.6) is 23.0 Å². The van der Waals surface area contributed by atoms with Gasteiger partial charge in [0.1, 0.15) is 0 Å². The number of thiophene rings is 2. The Hall–Kier alpha value is -6.68. The van der Waals surface area contributed by atoms with Gasteiger partial charge in [0.2, 0.25) is 0 Å². The van der Waals surface area contributed by atoms with Crippen LogP contribution in [0.4, 0.5) is 32.8 Å². The molecule has 4 aliphatic rings. The highest BCUT2D eigenvalue weighted by Crippen LogP contribution is 2.56. The summed E-state index contributed by atoms with van der Waals surface area (Å²) in [5, 5.41) is 5.09. The standard InChI is InChI=1S/C63H59BN2O4S2/c1-37(2)40-29-49-59-50(30-40)66(48-36-54-52(68-26-16-28-70-54)34-44(48)39-19-13-10-14-20-39)61-58(46-32-42(63(6,7)8)22-24-56(46)72-61)64(59)57-45-31-41(62(3,4)5)21-23-55(45)71-60(57)65(49)47-35-53-51(67-25-15-27-69-53)33-43(47)38-17-11-9-12-18-38/h9-14,17-24,29-37H,15-16,25-28H2,1-8H3. The fourth-order valence-corrected chi connectivity index (χ4v) is 13.8. The molecule has 2 aromatic heterocycles. The summed E-state index contributed by atoms with van der Waals surface area (Å²) in [7, 11) is 0. The largest absolute Gasteiger partial charge is 0.490 e. The quantitative estimate of drug-likeness (QED) is 0.160. The zero-order valence-corrected chi connectivity index (χ0v) is 44.1. The zero-order chi connectivity index (χ0) is 49.2. The van der Waals surface area contributed by atoms with Crippen LogP contribution in [-0.2, 0) is 10.8 Å². The molecule has 0 bridgehead atoms. The van der Waals surface area contributed by atoms with E-state index in [0.717, 1.165) is 69.5 Å². The molecule has 9 heteroatoms. The Kier molecular flexibility index (Phi) is 10.6. The van der Waals surface area contributed by atoms with Crippen LogP contribution in [0.3, 0.4) is 0 Å². The van der Waals surface area contributed by atoms with E-state index in [0.29, 0.717) is 26.4 Å². The Bertz CT molecular complexity index is 3390. The van der Waals surface area contributed by atoms with Crippen molar-refractivity contribution in [2.24, 2.45) is 0 Å². The number of benzene rings is 7. The van der Waals surface area contributed by atoms with Gasteiger partial charge in [-0.15, -0.1) is 22.7 Å². The molecule has 9 aromatic rings. The van der Waals surface area contributed by atoms with Crippen molar-refractivity contribution < 1.29 is 18.9 Å². The van der Waals surface area contributed by atoms with Gasteiger partial charge in [-0.2, -0.15) is 0 Å². The van der Waals surface area contributed by atoms with Crippen LogP contribution < -0.4 is 45.1 Å². The van der Waals surface area contributed by atoms with E-state index < -0.39 is 0 Å². The molecular weight excluding hydrogens is 924 g/mol. The molecule has 6 nitrogen and oxygen atoms in total. The van der Waals surface area contributed by atoms with E-state index in [9.17, 15) is 0 Å². The Morgan fingerprint density at radius 2 is 0.861 bits per heavy atom. The second kappa shape index (κ2) is 17.0. The molecule has 0 aliphatic carbocycles. The highest BCUT2D eigenvalue weighted by molar-refractivity contribution is 7.29. The minimum Gasteiger partial charge on any atom is -0.490 e. The SMILES string of the molecule is CC(C)c1cc2c3c(c1)N(c1cc4c(cc1-c1ccccc1)OCCCO4)c1sc4ccc(C(C)(C)C)cc4c1B3c1c(sc3ccc(C(C)(C)C)cc13)N2c1cc2c(cc1-c1ccccc1)OCCCO2. The lowest BCUT2D eigenvalue weighted by atomic mass is 9.33. The third-order valence-corrected chi connectivity index (χ3v) is 17.5.